The first-order chi connectivity index (χ1) is 8.66. The second kappa shape index (κ2) is 5.91. The second-order valence-corrected chi connectivity index (χ2v) is 4.91. The third kappa shape index (κ3) is 3.26. The highest BCUT2D eigenvalue weighted by Crippen LogP contribution is 2.26. The summed E-state index contributed by atoms with van der Waals surface area (Å²) in [6, 6.07) is 0.204. The van der Waals surface area contributed by atoms with E-state index in [1.165, 1.54) is 0 Å². The molecule has 2 heterocycles. The Balaban J connectivity index is 1.98. The molecule has 0 radical (unpaired) electrons. The van der Waals surface area contributed by atoms with Crippen LogP contribution in [0.5, 0.6) is 0 Å². The lowest BCUT2D eigenvalue weighted by Crippen LogP contribution is -2.38. The van der Waals surface area contributed by atoms with Gasteiger partial charge >= 0.3 is 5.97 Å². The maximum absolute atomic E-state index is 10.8. The average molecular weight is 249 g/mol. The Hall–Kier alpha value is -1.49. The summed E-state index contributed by atoms with van der Waals surface area (Å²) in [7, 11) is 0. The summed E-state index contributed by atoms with van der Waals surface area (Å²) >= 11 is 0. The van der Waals surface area contributed by atoms with E-state index in [1.807, 2.05) is 0 Å². The van der Waals surface area contributed by atoms with Crippen LogP contribution in [0.15, 0.2) is 18.6 Å². The van der Waals surface area contributed by atoms with Gasteiger partial charge in [-0.15, -0.1) is 0 Å². The van der Waals surface area contributed by atoms with Crippen molar-refractivity contribution >= 4 is 5.97 Å². The fraction of sp³-hybridized carbons (Fsp3) is 0.615. The van der Waals surface area contributed by atoms with Gasteiger partial charge in [-0.1, -0.05) is 0 Å². The van der Waals surface area contributed by atoms with Crippen molar-refractivity contribution in [2.24, 2.45) is 5.92 Å². The Morgan fingerprint density at radius 2 is 2.44 bits per heavy atom. The van der Waals surface area contributed by atoms with Crippen molar-refractivity contribution in [3.63, 3.8) is 0 Å². The van der Waals surface area contributed by atoms with Gasteiger partial charge in [0, 0.05) is 31.6 Å². The molecule has 5 heteroatoms. The van der Waals surface area contributed by atoms with Crippen LogP contribution < -0.4 is 0 Å². The molecule has 1 saturated heterocycles. The molecule has 0 bridgehead atoms. The van der Waals surface area contributed by atoms with E-state index in [0.717, 1.165) is 31.6 Å². The molecule has 1 aliphatic rings. The van der Waals surface area contributed by atoms with E-state index >= 15 is 0 Å². The van der Waals surface area contributed by atoms with E-state index < -0.39 is 5.97 Å². The molecule has 1 N–H and O–H groups in total. The van der Waals surface area contributed by atoms with Crippen LogP contribution >= 0.6 is 0 Å². The zero-order valence-electron chi connectivity index (χ0n) is 10.6. The third-order valence-corrected chi connectivity index (χ3v) is 3.57. The van der Waals surface area contributed by atoms with E-state index in [9.17, 15) is 4.79 Å². The number of carboxylic acid groups (broad SMARTS) is 1. The maximum atomic E-state index is 10.8. The minimum atomic E-state index is -0.700. The first kappa shape index (κ1) is 13.0. The van der Waals surface area contributed by atoms with Crippen molar-refractivity contribution in [1.29, 1.82) is 0 Å². The SMILES string of the molecule is CC(c1cnccn1)N1CCCC(CC(=O)O)C1. The normalized spacial score (nSPS) is 22.6. The molecule has 1 aliphatic heterocycles. The van der Waals surface area contributed by atoms with Gasteiger partial charge in [0.15, 0.2) is 0 Å². The van der Waals surface area contributed by atoms with Crippen LogP contribution in [0.3, 0.4) is 0 Å². The first-order valence-corrected chi connectivity index (χ1v) is 6.38. The van der Waals surface area contributed by atoms with Gasteiger partial charge in [0.1, 0.15) is 0 Å². The Kier molecular flexibility index (Phi) is 4.25. The topological polar surface area (TPSA) is 66.3 Å². The highest BCUT2D eigenvalue weighted by molar-refractivity contribution is 5.67. The molecule has 0 aromatic carbocycles. The number of rotatable bonds is 4. The van der Waals surface area contributed by atoms with E-state index in [2.05, 4.69) is 21.8 Å². The maximum Gasteiger partial charge on any atom is 0.303 e. The van der Waals surface area contributed by atoms with Crippen molar-refractivity contribution in [1.82, 2.24) is 14.9 Å². The molecule has 1 aromatic heterocycles. The molecule has 1 aromatic rings. The van der Waals surface area contributed by atoms with Gasteiger partial charge < -0.3 is 5.11 Å². The summed E-state index contributed by atoms with van der Waals surface area (Å²) < 4.78 is 0. The summed E-state index contributed by atoms with van der Waals surface area (Å²) in [6.45, 7) is 3.95. The van der Waals surface area contributed by atoms with Gasteiger partial charge in [-0.05, 0) is 32.2 Å². The summed E-state index contributed by atoms with van der Waals surface area (Å²) in [6.07, 6.45) is 7.48. The van der Waals surface area contributed by atoms with Crippen LogP contribution in [-0.4, -0.2) is 39.0 Å². The Morgan fingerprint density at radius 1 is 1.61 bits per heavy atom. The van der Waals surface area contributed by atoms with Crippen molar-refractivity contribution in [3.8, 4) is 0 Å². The molecule has 5 nitrogen and oxygen atoms in total. The summed E-state index contributed by atoms with van der Waals surface area (Å²) in [5, 5.41) is 8.87. The fourth-order valence-electron chi connectivity index (χ4n) is 2.58. The molecule has 0 amide bonds. The lowest BCUT2D eigenvalue weighted by atomic mass is 9.93. The first-order valence-electron chi connectivity index (χ1n) is 6.38. The summed E-state index contributed by atoms with van der Waals surface area (Å²) in [5.41, 5.74) is 0.952. The van der Waals surface area contributed by atoms with Crippen LogP contribution in [0.25, 0.3) is 0 Å². The Morgan fingerprint density at radius 3 is 3.11 bits per heavy atom. The molecule has 2 unspecified atom stereocenters. The lowest BCUT2D eigenvalue weighted by molar-refractivity contribution is -0.138. The molecule has 2 rings (SSSR count). The van der Waals surface area contributed by atoms with Gasteiger partial charge in [-0.3, -0.25) is 19.7 Å². The Bertz CT molecular complexity index is 396. The van der Waals surface area contributed by atoms with Crippen LogP contribution in [0, 0.1) is 5.92 Å². The second-order valence-electron chi connectivity index (χ2n) is 4.91. The van der Waals surface area contributed by atoms with Gasteiger partial charge in [0.2, 0.25) is 0 Å². The molecular weight excluding hydrogens is 230 g/mol. The van der Waals surface area contributed by atoms with Gasteiger partial charge in [0.25, 0.3) is 0 Å². The minimum absolute atomic E-state index is 0.204. The predicted octanol–water partition coefficient (Wildman–Crippen LogP) is 1.72. The van der Waals surface area contributed by atoms with E-state index in [1.54, 1.807) is 18.6 Å². The van der Waals surface area contributed by atoms with E-state index in [4.69, 9.17) is 5.11 Å². The molecule has 0 saturated carbocycles. The zero-order chi connectivity index (χ0) is 13.0. The highest BCUT2D eigenvalue weighted by Gasteiger charge is 2.26. The van der Waals surface area contributed by atoms with Gasteiger partial charge in [-0.2, -0.15) is 0 Å². The van der Waals surface area contributed by atoms with E-state index in [-0.39, 0.29) is 18.4 Å². The number of aromatic nitrogens is 2. The number of carboxylic acids is 1. The van der Waals surface area contributed by atoms with E-state index in [0.29, 0.717) is 0 Å². The monoisotopic (exact) mass is 249 g/mol. The molecule has 2 atom stereocenters. The summed E-state index contributed by atoms with van der Waals surface area (Å²) in [4.78, 5) is 21.5. The number of nitrogens with zero attached hydrogens (tertiary/aromatic N) is 3. The van der Waals surface area contributed by atoms with Crippen molar-refractivity contribution in [3.05, 3.63) is 24.3 Å². The van der Waals surface area contributed by atoms with Crippen molar-refractivity contribution in [2.45, 2.75) is 32.2 Å². The molecule has 18 heavy (non-hydrogen) atoms. The number of carbonyl (C=O) groups is 1. The summed E-state index contributed by atoms with van der Waals surface area (Å²) in [5.74, 6) is -0.440. The number of likely N-dealkylation sites (tertiary alicyclic amines) is 1. The van der Waals surface area contributed by atoms with Gasteiger partial charge in [0.05, 0.1) is 11.7 Å². The van der Waals surface area contributed by atoms with Crippen LogP contribution in [0.4, 0.5) is 0 Å². The lowest BCUT2D eigenvalue weighted by Gasteiger charge is -2.35. The average Bonchev–Trinajstić information content (AvgIpc) is 2.38. The smallest absolute Gasteiger partial charge is 0.303 e. The number of hydrogen-bond donors (Lipinski definition) is 1. The standard InChI is InChI=1S/C13H19N3O2/c1-10(12-8-14-4-5-15-12)16-6-2-3-11(9-16)7-13(17)18/h4-5,8,10-11H,2-3,6-7,9H2,1H3,(H,17,18). The predicted molar refractivity (Wildman–Crippen MR) is 67.0 cm³/mol. The Labute approximate surface area is 107 Å². The molecule has 98 valence electrons. The number of piperidine rings is 1. The number of hydrogen-bond acceptors (Lipinski definition) is 4. The molecule has 0 spiro atoms. The molecule has 0 aliphatic carbocycles. The largest absolute Gasteiger partial charge is 0.481 e. The van der Waals surface area contributed by atoms with Crippen molar-refractivity contribution in [2.75, 3.05) is 13.1 Å². The quantitative estimate of drug-likeness (QED) is 0.880. The van der Waals surface area contributed by atoms with Crippen LogP contribution in [-0.2, 0) is 4.79 Å². The van der Waals surface area contributed by atoms with Crippen LogP contribution in [0.2, 0.25) is 0 Å². The van der Waals surface area contributed by atoms with Crippen LogP contribution in [0.1, 0.15) is 37.9 Å². The molecule has 1 fully saturated rings. The minimum Gasteiger partial charge on any atom is -0.481 e. The van der Waals surface area contributed by atoms with Crippen molar-refractivity contribution < 1.29 is 9.90 Å². The fourth-order valence-corrected chi connectivity index (χ4v) is 2.58. The molecular formula is C13H19N3O2. The highest BCUT2D eigenvalue weighted by atomic mass is 16.4. The zero-order valence-corrected chi connectivity index (χ0v) is 10.6. The third-order valence-electron chi connectivity index (χ3n) is 3.57. The number of aliphatic carboxylic acids is 1. The van der Waals surface area contributed by atoms with Gasteiger partial charge in [-0.25, -0.2) is 0 Å².